The number of methoxy groups -OCH3 is 2. The highest BCUT2D eigenvalue weighted by Crippen LogP contribution is 2.33. The average molecular weight is 1070 g/mol. The van der Waals surface area contributed by atoms with Crippen LogP contribution in [0.1, 0.15) is 62.8 Å². The van der Waals surface area contributed by atoms with E-state index < -0.39 is 97.7 Å². The first-order valence-corrected chi connectivity index (χ1v) is 24.6. The van der Waals surface area contributed by atoms with Gasteiger partial charge in [-0.15, -0.1) is 0 Å². The van der Waals surface area contributed by atoms with E-state index in [9.17, 15) is 41.8 Å². The van der Waals surface area contributed by atoms with E-state index in [1.54, 1.807) is 48.7 Å². The minimum Gasteiger partial charge on any atom is -0.453 e. The number of hydrogen-bond acceptors (Lipinski definition) is 12. The number of carbonyl (C=O) groups is 4. The molecule has 4 aromatic rings. The summed E-state index contributed by atoms with van der Waals surface area (Å²) in [5, 5.41) is 20.7. The molecule has 2 bridgehead atoms. The fraction of sp³-hybridized carbons (Fsp3) is 0.472. The number of aliphatic hydroxyl groups is 1. The number of nitrogens with zero attached hydrogens (tertiary/aromatic N) is 5. The molecule has 2 aliphatic heterocycles. The van der Waals surface area contributed by atoms with Crippen LogP contribution in [0.3, 0.4) is 0 Å². The Balaban J connectivity index is 1.27. The second-order valence-electron chi connectivity index (χ2n) is 20.0. The summed E-state index contributed by atoms with van der Waals surface area (Å²) in [6, 6.07) is 13.9. The molecule has 0 saturated carbocycles. The maximum atomic E-state index is 16.2. The van der Waals surface area contributed by atoms with Crippen LogP contribution in [0, 0.1) is 28.5 Å². The molecule has 0 spiro atoms. The first-order valence-electron chi connectivity index (χ1n) is 24.2. The fourth-order valence-corrected chi connectivity index (χ4v) is 9.31. The molecule has 2 unspecified atom stereocenters. The van der Waals surface area contributed by atoms with E-state index in [1.807, 2.05) is 17.0 Å². The van der Waals surface area contributed by atoms with Gasteiger partial charge < -0.3 is 35.4 Å². The van der Waals surface area contributed by atoms with E-state index in [2.05, 4.69) is 48.1 Å². The lowest BCUT2D eigenvalue weighted by molar-refractivity contribution is -0.133. The highest BCUT2D eigenvalue weighted by atomic mass is 35.5. The van der Waals surface area contributed by atoms with Crippen molar-refractivity contribution in [2.24, 2.45) is 10.8 Å². The summed E-state index contributed by atoms with van der Waals surface area (Å²) in [4.78, 5) is 66.1. The number of nitrogens with one attached hydrogen (secondary N) is 4. The second kappa shape index (κ2) is 25.8. The molecule has 22 heteroatoms. The van der Waals surface area contributed by atoms with Crippen LogP contribution in [0.2, 0.25) is 5.02 Å². The van der Waals surface area contributed by atoms with Crippen molar-refractivity contribution in [2.75, 3.05) is 58.6 Å². The summed E-state index contributed by atoms with van der Waals surface area (Å²) in [6.07, 6.45) is -1.34. The summed E-state index contributed by atoms with van der Waals surface area (Å²) >= 11 is 6.70. The third-order valence-corrected chi connectivity index (χ3v) is 13.7. The molecule has 16 nitrogen and oxygen atoms in total. The van der Waals surface area contributed by atoms with Gasteiger partial charge in [-0.3, -0.25) is 33.7 Å². The van der Waals surface area contributed by atoms with Crippen LogP contribution in [0.4, 0.5) is 37.4 Å². The van der Waals surface area contributed by atoms with Gasteiger partial charge in [-0.25, -0.2) is 32.8 Å². The average Bonchev–Trinajstić information content (AvgIpc) is 3.60. The molecule has 4 heterocycles. The number of piperazine rings is 1. The number of rotatable bonds is 21. The number of ether oxygens (including phenoxy) is 2. The lowest BCUT2D eigenvalue weighted by Crippen LogP contribution is -2.61. The van der Waals surface area contributed by atoms with Crippen LogP contribution in [-0.2, 0) is 32.0 Å². The number of anilines is 1. The predicted octanol–water partition coefficient (Wildman–Crippen LogP) is 6.62. The molecular weight excluding hydrogens is 1010 g/mol. The summed E-state index contributed by atoms with van der Waals surface area (Å²) in [6.45, 7) is 3.32. The van der Waals surface area contributed by atoms with Gasteiger partial charge in [-0.1, -0.05) is 69.3 Å². The monoisotopic (exact) mass is 1070 g/mol. The van der Waals surface area contributed by atoms with Gasteiger partial charge in [-0.2, -0.15) is 0 Å². The number of hydrazine groups is 1. The SMILES string of the molecule is COC(=O)N[C@H](C(=O)N[C@@H](Cc1ccc(C#Cc2ccc(N3CC4CCC(C3)N4CC(F)F)nc2)cc1)[C@@H](O)CN(Cc1c(F)cc(-c2ccccn2)cc1Cl)NC(=O)[C@@H](NC(=O)OC)C(C)(C)CF)C(C)(C)CF. The van der Waals surface area contributed by atoms with Crippen molar-refractivity contribution < 1.29 is 55.7 Å². The molecule has 404 valence electrons. The van der Waals surface area contributed by atoms with Gasteiger partial charge >= 0.3 is 12.2 Å². The topological polar surface area (TPSA) is 191 Å². The molecule has 75 heavy (non-hydrogen) atoms. The number of alkyl halides is 4. The molecule has 2 aromatic carbocycles. The van der Waals surface area contributed by atoms with E-state index in [0.717, 1.165) is 37.9 Å². The number of amides is 4. The Hall–Kier alpha value is -6.60. The van der Waals surface area contributed by atoms with Gasteiger partial charge in [0.25, 0.3) is 12.3 Å². The van der Waals surface area contributed by atoms with Crippen molar-refractivity contribution in [1.82, 2.24) is 41.3 Å². The van der Waals surface area contributed by atoms with E-state index in [1.165, 1.54) is 46.0 Å². The van der Waals surface area contributed by atoms with Gasteiger partial charge in [0.1, 0.15) is 23.7 Å². The van der Waals surface area contributed by atoms with Gasteiger partial charge in [0.05, 0.1) is 52.0 Å². The number of benzene rings is 2. The molecule has 6 rings (SSSR count). The number of alkyl carbamates (subject to hydrolysis) is 2. The second-order valence-corrected chi connectivity index (χ2v) is 20.4. The molecule has 0 aliphatic carbocycles. The van der Waals surface area contributed by atoms with Crippen LogP contribution in [0.15, 0.2) is 79.1 Å². The molecule has 4 amide bonds. The number of halogens is 6. The largest absolute Gasteiger partial charge is 0.453 e. The van der Waals surface area contributed by atoms with Crippen LogP contribution in [-0.4, -0.2) is 145 Å². The zero-order valence-corrected chi connectivity index (χ0v) is 43.3. The normalized spacial score (nSPS) is 17.3. The molecule has 5 N–H and O–H groups in total. The van der Waals surface area contributed by atoms with Crippen molar-refractivity contribution in [3.8, 4) is 23.1 Å². The first kappa shape index (κ1) is 57.7. The van der Waals surface area contributed by atoms with Crippen LogP contribution in [0.5, 0.6) is 0 Å². The Labute approximate surface area is 438 Å². The van der Waals surface area contributed by atoms with E-state index in [4.69, 9.17) is 21.1 Å². The number of carbonyl (C=O) groups excluding carboxylic acids is 4. The molecule has 2 saturated heterocycles. The lowest BCUT2D eigenvalue weighted by Gasteiger charge is -2.41. The smallest absolute Gasteiger partial charge is 0.407 e. The highest BCUT2D eigenvalue weighted by Gasteiger charge is 2.43. The Morgan fingerprint density at radius 3 is 1.97 bits per heavy atom. The number of aromatic nitrogens is 2. The van der Waals surface area contributed by atoms with Crippen molar-refractivity contribution in [1.29, 1.82) is 0 Å². The van der Waals surface area contributed by atoms with Crippen molar-refractivity contribution in [3.63, 3.8) is 0 Å². The summed E-state index contributed by atoms with van der Waals surface area (Å²) < 4.78 is 81.0. The third kappa shape index (κ3) is 15.3. The van der Waals surface area contributed by atoms with Crippen molar-refractivity contribution >= 4 is 41.4 Å². The quantitative estimate of drug-likeness (QED) is 0.0342. The summed E-state index contributed by atoms with van der Waals surface area (Å²) in [5.74, 6) is 4.22. The Kier molecular flexibility index (Phi) is 19.8. The number of pyridine rings is 2. The van der Waals surface area contributed by atoms with Gasteiger partial charge in [-0.05, 0) is 73.4 Å². The lowest BCUT2D eigenvalue weighted by atomic mass is 9.84. The molecule has 0 radical (unpaired) electrons. The van der Waals surface area contributed by atoms with Gasteiger partial charge in [0.15, 0.2) is 0 Å². The van der Waals surface area contributed by atoms with E-state index >= 15 is 4.39 Å². The van der Waals surface area contributed by atoms with Crippen LogP contribution in [0.25, 0.3) is 11.3 Å². The summed E-state index contributed by atoms with van der Waals surface area (Å²) in [5.41, 5.74) is 1.96. The number of hydrogen-bond donors (Lipinski definition) is 5. The maximum absolute atomic E-state index is 16.2. The van der Waals surface area contributed by atoms with Gasteiger partial charge in [0.2, 0.25) is 5.91 Å². The zero-order chi connectivity index (χ0) is 54.6. The highest BCUT2D eigenvalue weighted by molar-refractivity contribution is 6.31. The van der Waals surface area contributed by atoms with E-state index in [0.29, 0.717) is 41.0 Å². The molecule has 2 aromatic heterocycles. The fourth-order valence-electron chi connectivity index (χ4n) is 9.04. The standard InChI is InChI=1S/C53H63ClF5N9O7/c1-52(2,30-55)46(63-50(72)74-5)48(70)62-42(21-33-13-10-32(11-14-33)12-15-34-16-19-45(61-24-34)66-25-36-17-18-37(26-66)68(36)29-44(58)59)43(69)28-67(65-49(71)47(53(3,4)31-56)64-51(73)75-6)27-38-39(54)22-35(23-40(38)57)41-9-7-8-20-60-41/h7-11,13-14,16,19-20,22-24,36-37,42-44,46-47,69H,17-18,21,25-31H2,1-6H3,(H,62,70)(H,63,72)(H,64,73)(H,65,71)/t36?,37?,42-,43-,46+,47+/m0/s1. The minimum atomic E-state index is -2.38. The van der Waals surface area contributed by atoms with Crippen molar-refractivity contribution in [3.05, 3.63) is 112 Å². The number of fused-ring (bicyclic) bond motifs is 2. The molecule has 2 fully saturated rings. The van der Waals surface area contributed by atoms with Crippen LogP contribution >= 0.6 is 11.6 Å². The van der Waals surface area contributed by atoms with Gasteiger partial charge in [0, 0.05) is 88.8 Å². The predicted molar refractivity (Wildman–Crippen MR) is 271 cm³/mol. The Morgan fingerprint density at radius 1 is 0.840 bits per heavy atom. The molecule has 6 atom stereocenters. The third-order valence-electron chi connectivity index (χ3n) is 13.4. The number of aliphatic hydroxyl groups excluding tert-OH is 1. The zero-order valence-electron chi connectivity index (χ0n) is 42.5. The van der Waals surface area contributed by atoms with Crippen molar-refractivity contribution in [2.45, 2.75) is 96.2 Å². The maximum Gasteiger partial charge on any atom is 0.407 e. The summed E-state index contributed by atoms with van der Waals surface area (Å²) in [7, 11) is 2.12. The first-order chi connectivity index (χ1) is 35.6. The Bertz CT molecular complexity index is 2630. The Morgan fingerprint density at radius 2 is 1.44 bits per heavy atom. The molecular formula is C53H63ClF5N9O7. The van der Waals surface area contributed by atoms with E-state index in [-0.39, 0.29) is 35.6 Å². The minimum absolute atomic E-state index is 0.0458. The molecule has 2 aliphatic rings. The van der Waals surface area contributed by atoms with Crippen LogP contribution < -0.4 is 26.3 Å².